The number of hydrogen-bond donors (Lipinski definition) is 2. The lowest BCUT2D eigenvalue weighted by molar-refractivity contribution is -0.133. The first-order valence-corrected chi connectivity index (χ1v) is 6.87. The molecule has 6 heteroatoms. The summed E-state index contributed by atoms with van der Waals surface area (Å²) >= 11 is 0. The zero-order valence-electron chi connectivity index (χ0n) is 13.2. The summed E-state index contributed by atoms with van der Waals surface area (Å²) in [6.45, 7) is 0. The van der Waals surface area contributed by atoms with Crippen molar-refractivity contribution in [2.75, 3.05) is 21.3 Å². The van der Waals surface area contributed by atoms with Gasteiger partial charge in [-0.2, -0.15) is 0 Å². The molecule has 3 N–H and O–H groups in total. The van der Waals surface area contributed by atoms with Crippen LogP contribution in [0.2, 0.25) is 0 Å². The van der Waals surface area contributed by atoms with Crippen molar-refractivity contribution in [1.82, 2.24) is 0 Å². The highest BCUT2D eigenvalue weighted by Crippen LogP contribution is 2.42. The van der Waals surface area contributed by atoms with E-state index in [9.17, 15) is 9.90 Å². The van der Waals surface area contributed by atoms with Gasteiger partial charge in [0.1, 0.15) is 0 Å². The summed E-state index contributed by atoms with van der Waals surface area (Å²) < 4.78 is 15.8. The van der Waals surface area contributed by atoms with E-state index in [1.165, 1.54) is 33.5 Å². The zero-order chi connectivity index (χ0) is 17.0. The van der Waals surface area contributed by atoms with Crippen LogP contribution in [0, 0.1) is 0 Å². The van der Waals surface area contributed by atoms with Gasteiger partial charge < -0.3 is 25.1 Å². The van der Waals surface area contributed by atoms with E-state index in [2.05, 4.69) is 0 Å². The summed E-state index contributed by atoms with van der Waals surface area (Å²) in [6, 6.07) is 11.4. The van der Waals surface area contributed by atoms with Gasteiger partial charge in [-0.05, 0) is 17.7 Å². The summed E-state index contributed by atoms with van der Waals surface area (Å²) in [5.74, 6) is 0.0894. The molecule has 2 aromatic carbocycles. The predicted octanol–water partition coefficient (Wildman–Crippen LogP) is 1.43. The molecule has 0 aliphatic carbocycles. The van der Waals surface area contributed by atoms with Crippen LogP contribution < -0.4 is 19.9 Å². The van der Waals surface area contributed by atoms with Crippen LogP contribution in [0.3, 0.4) is 0 Å². The normalized spacial score (nSPS) is 13.0. The lowest BCUT2D eigenvalue weighted by Gasteiger charge is -2.27. The van der Waals surface area contributed by atoms with Gasteiger partial charge in [0.25, 0.3) is 5.91 Å². The Labute approximate surface area is 134 Å². The summed E-state index contributed by atoms with van der Waals surface area (Å²) in [5.41, 5.74) is 4.04. The summed E-state index contributed by atoms with van der Waals surface area (Å²) in [7, 11) is 4.37. The predicted molar refractivity (Wildman–Crippen MR) is 84.7 cm³/mol. The van der Waals surface area contributed by atoms with Gasteiger partial charge in [0.05, 0.1) is 21.3 Å². The van der Waals surface area contributed by atoms with Crippen LogP contribution >= 0.6 is 0 Å². The van der Waals surface area contributed by atoms with Crippen molar-refractivity contribution >= 4 is 5.91 Å². The smallest absolute Gasteiger partial charge is 0.258 e. The quantitative estimate of drug-likeness (QED) is 0.841. The lowest BCUT2D eigenvalue weighted by Crippen LogP contribution is -2.42. The Morgan fingerprint density at radius 3 is 1.87 bits per heavy atom. The number of carbonyl (C=O) groups excluding carboxylic acids is 1. The maximum Gasteiger partial charge on any atom is 0.258 e. The Morgan fingerprint density at radius 2 is 1.48 bits per heavy atom. The van der Waals surface area contributed by atoms with Gasteiger partial charge in [-0.1, -0.05) is 30.3 Å². The highest BCUT2D eigenvalue weighted by atomic mass is 16.5. The molecule has 0 heterocycles. The molecule has 2 aromatic rings. The van der Waals surface area contributed by atoms with Crippen LogP contribution in [0.1, 0.15) is 11.1 Å². The number of ether oxygens (including phenoxy) is 3. The van der Waals surface area contributed by atoms with Gasteiger partial charge in [-0.3, -0.25) is 4.79 Å². The molecule has 1 amide bonds. The third kappa shape index (κ3) is 2.80. The molecule has 1 unspecified atom stereocenters. The molecule has 0 spiro atoms. The lowest BCUT2D eigenvalue weighted by atomic mass is 9.85. The number of aliphatic hydroxyl groups is 1. The Hall–Kier alpha value is -2.73. The third-order valence-electron chi connectivity index (χ3n) is 3.63. The second-order valence-corrected chi connectivity index (χ2v) is 4.85. The number of carbonyl (C=O) groups is 1. The molecule has 0 aromatic heterocycles. The Balaban J connectivity index is 2.73. The molecule has 0 aliphatic rings. The van der Waals surface area contributed by atoms with Crippen LogP contribution in [0.4, 0.5) is 0 Å². The molecule has 6 nitrogen and oxygen atoms in total. The van der Waals surface area contributed by atoms with Crippen molar-refractivity contribution in [1.29, 1.82) is 0 Å². The van der Waals surface area contributed by atoms with Crippen LogP contribution in [-0.4, -0.2) is 32.3 Å². The zero-order valence-corrected chi connectivity index (χ0v) is 13.2. The Bertz CT molecular complexity index is 676. The summed E-state index contributed by atoms with van der Waals surface area (Å²) in [6.07, 6.45) is 0. The molecule has 2 rings (SSSR count). The van der Waals surface area contributed by atoms with Crippen LogP contribution in [-0.2, 0) is 10.4 Å². The van der Waals surface area contributed by atoms with Crippen LogP contribution in [0.25, 0.3) is 0 Å². The van der Waals surface area contributed by atoms with Gasteiger partial charge in [-0.15, -0.1) is 0 Å². The van der Waals surface area contributed by atoms with Gasteiger partial charge in [0, 0.05) is 5.56 Å². The fourth-order valence-electron chi connectivity index (χ4n) is 2.42. The molecule has 0 fully saturated rings. The molecule has 23 heavy (non-hydrogen) atoms. The van der Waals surface area contributed by atoms with Crippen molar-refractivity contribution < 1.29 is 24.1 Å². The second-order valence-electron chi connectivity index (χ2n) is 4.85. The molecule has 0 bridgehead atoms. The van der Waals surface area contributed by atoms with E-state index < -0.39 is 11.5 Å². The van der Waals surface area contributed by atoms with Gasteiger partial charge in [0.2, 0.25) is 5.75 Å². The van der Waals surface area contributed by atoms with E-state index in [0.29, 0.717) is 22.8 Å². The Morgan fingerprint density at radius 1 is 0.957 bits per heavy atom. The van der Waals surface area contributed by atoms with E-state index in [0.717, 1.165) is 0 Å². The minimum absolute atomic E-state index is 0.228. The monoisotopic (exact) mass is 317 g/mol. The topological polar surface area (TPSA) is 91.0 Å². The summed E-state index contributed by atoms with van der Waals surface area (Å²) in [4.78, 5) is 12.0. The highest BCUT2D eigenvalue weighted by Gasteiger charge is 2.39. The molecule has 0 aliphatic heterocycles. The highest BCUT2D eigenvalue weighted by molar-refractivity contribution is 5.89. The maximum atomic E-state index is 12.0. The molecular weight excluding hydrogens is 298 g/mol. The molecular formula is C17H19NO5. The van der Waals surface area contributed by atoms with E-state index in [-0.39, 0.29) is 5.56 Å². The number of benzene rings is 2. The van der Waals surface area contributed by atoms with Gasteiger partial charge >= 0.3 is 0 Å². The number of rotatable bonds is 6. The SMILES string of the molecule is COc1cc(C(O)(C(N)=O)c2ccccc2)cc(OC)c1OC. The van der Waals surface area contributed by atoms with Crippen molar-refractivity contribution in [3.8, 4) is 17.2 Å². The molecule has 0 radical (unpaired) electrons. The summed E-state index contributed by atoms with van der Waals surface area (Å²) in [5, 5.41) is 11.0. The first-order chi connectivity index (χ1) is 11.0. The number of nitrogens with two attached hydrogens (primary N) is 1. The standard InChI is InChI=1S/C17H19NO5/c1-21-13-9-12(10-14(22-2)15(13)23-3)17(20,16(18)19)11-7-5-4-6-8-11/h4-10,20H,1-3H3,(H2,18,19). The van der Waals surface area contributed by atoms with Crippen molar-refractivity contribution in [2.45, 2.75) is 5.60 Å². The molecule has 0 saturated carbocycles. The van der Waals surface area contributed by atoms with Crippen molar-refractivity contribution in [3.05, 3.63) is 53.6 Å². The first kappa shape index (κ1) is 16.6. The van der Waals surface area contributed by atoms with E-state index in [1.54, 1.807) is 30.3 Å². The Kier molecular flexibility index (Phi) is 4.76. The fourth-order valence-corrected chi connectivity index (χ4v) is 2.42. The molecule has 0 saturated heterocycles. The number of hydrogen-bond acceptors (Lipinski definition) is 5. The maximum absolute atomic E-state index is 12.0. The van der Waals surface area contributed by atoms with E-state index >= 15 is 0 Å². The number of primary amides is 1. The van der Waals surface area contributed by atoms with Gasteiger partial charge in [-0.25, -0.2) is 0 Å². The van der Waals surface area contributed by atoms with Gasteiger partial charge in [0.15, 0.2) is 17.1 Å². The average Bonchev–Trinajstić information content (AvgIpc) is 2.60. The number of methoxy groups -OCH3 is 3. The number of amides is 1. The minimum atomic E-state index is -2.02. The third-order valence-corrected chi connectivity index (χ3v) is 3.63. The van der Waals surface area contributed by atoms with Crippen LogP contribution in [0.5, 0.6) is 17.2 Å². The minimum Gasteiger partial charge on any atom is -0.493 e. The van der Waals surface area contributed by atoms with Crippen LogP contribution in [0.15, 0.2) is 42.5 Å². The molecule has 122 valence electrons. The average molecular weight is 317 g/mol. The van der Waals surface area contributed by atoms with Crippen molar-refractivity contribution in [2.24, 2.45) is 5.73 Å². The largest absolute Gasteiger partial charge is 0.493 e. The molecule has 1 atom stereocenters. The van der Waals surface area contributed by atoms with E-state index in [1.807, 2.05) is 0 Å². The van der Waals surface area contributed by atoms with Crippen molar-refractivity contribution in [3.63, 3.8) is 0 Å². The fraction of sp³-hybridized carbons (Fsp3) is 0.235. The second kappa shape index (κ2) is 6.58. The van der Waals surface area contributed by atoms with E-state index in [4.69, 9.17) is 19.9 Å². The first-order valence-electron chi connectivity index (χ1n) is 6.87.